The first-order chi connectivity index (χ1) is 3.39. The number of hydrogen-bond acceptors (Lipinski definition) is 0. The van der Waals surface area contributed by atoms with Crippen LogP contribution >= 0.6 is 11.6 Å². The van der Waals surface area contributed by atoms with Gasteiger partial charge in [0.15, 0.2) is 0 Å². The van der Waals surface area contributed by atoms with Gasteiger partial charge in [0.25, 0.3) is 0 Å². The van der Waals surface area contributed by atoms with Gasteiger partial charge >= 0.3 is 59.1 Å². The first-order valence-corrected chi connectivity index (χ1v) is 2.48. The minimum Gasteiger partial charge on any atom is -2.00 e. The topological polar surface area (TPSA) is 28.5 Å². The first-order valence-electron chi connectivity index (χ1n) is 2.10. The van der Waals surface area contributed by atoms with Crippen LogP contribution in [0.5, 0.6) is 0 Å². The van der Waals surface area contributed by atoms with E-state index in [-0.39, 0.29) is 64.6 Å². The van der Waals surface area contributed by atoms with E-state index >= 15 is 0 Å². The van der Waals surface area contributed by atoms with E-state index < -0.39 is 0 Å². The van der Waals surface area contributed by atoms with Crippen molar-refractivity contribution in [3.05, 3.63) is 35.4 Å². The van der Waals surface area contributed by atoms with Crippen LogP contribution in [0.2, 0.25) is 5.02 Å². The fourth-order valence-corrected chi connectivity index (χ4v) is 0.560. The van der Waals surface area contributed by atoms with Crippen LogP contribution in [0.1, 0.15) is 0 Å². The maximum atomic E-state index is 5.54. The van der Waals surface area contributed by atoms with Crippen molar-refractivity contribution in [3.63, 3.8) is 0 Å². The van der Waals surface area contributed by atoms with Gasteiger partial charge in [-0.3, -0.25) is 0 Å². The molecule has 44 valence electrons. The molecule has 1 nitrogen and oxygen atoms in total. The summed E-state index contributed by atoms with van der Waals surface area (Å²) in [6.45, 7) is 0. The molecule has 4 heteroatoms. The molecule has 0 aliphatic carbocycles. The summed E-state index contributed by atoms with van der Waals surface area (Å²) in [5, 5.41) is 0.794. The molecule has 1 aromatic rings. The molecular formula is C6H5ClNa2O. The molecule has 10 heavy (non-hydrogen) atoms. The molecule has 0 aliphatic heterocycles. The summed E-state index contributed by atoms with van der Waals surface area (Å²) in [5.74, 6) is 0. The molecule has 0 atom stereocenters. The Morgan fingerprint density at radius 1 is 0.900 bits per heavy atom. The molecule has 0 unspecified atom stereocenters. The molecule has 0 aromatic heterocycles. The van der Waals surface area contributed by atoms with Crippen molar-refractivity contribution in [3.8, 4) is 0 Å². The van der Waals surface area contributed by atoms with Gasteiger partial charge in [-0.2, -0.15) is 0 Å². The fourth-order valence-electron chi connectivity index (χ4n) is 0.415. The van der Waals surface area contributed by atoms with Gasteiger partial charge in [0.1, 0.15) is 0 Å². The van der Waals surface area contributed by atoms with E-state index in [1.807, 2.05) is 30.3 Å². The zero-order valence-electron chi connectivity index (χ0n) is 6.17. The smallest absolute Gasteiger partial charge is 1.00 e. The number of rotatable bonds is 0. The normalized spacial score (nSPS) is 6.10. The number of halogens is 1. The molecule has 1 rings (SSSR count). The molecule has 0 bridgehead atoms. The standard InChI is InChI=1S/C6H5Cl.2Na.O/c7-6-4-2-1-3-5-6;;;/h1-5H;;;/q;2*+1;-2. The Labute approximate surface area is 110 Å². The monoisotopic (exact) mass is 174 g/mol. The van der Waals surface area contributed by atoms with Crippen LogP contribution < -0.4 is 59.1 Å². The third-order valence-corrected chi connectivity index (χ3v) is 0.985. The zero-order valence-corrected chi connectivity index (χ0v) is 10.9. The van der Waals surface area contributed by atoms with Gasteiger partial charge in [0, 0.05) is 5.02 Å². The van der Waals surface area contributed by atoms with E-state index in [0.717, 1.165) is 5.02 Å². The third-order valence-electron chi connectivity index (χ3n) is 0.733. The van der Waals surface area contributed by atoms with E-state index in [1.165, 1.54) is 0 Å². The SMILES string of the molecule is Clc1ccccc1.[Na+].[Na+].[O-2]. The van der Waals surface area contributed by atoms with Crippen LogP contribution in [0.25, 0.3) is 0 Å². The quantitative estimate of drug-likeness (QED) is 0.362. The van der Waals surface area contributed by atoms with Gasteiger partial charge in [-0.25, -0.2) is 0 Å². The summed E-state index contributed by atoms with van der Waals surface area (Å²) in [7, 11) is 0. The van der Waals surface area contributed by atoms with Crippen molar-refractivity contribution in [2.45, 2.75) is 0 Å². The summed E-state index contributed by atoms with van der Waals surface area (Å²) in [6, 6.07) is 9.44. The second-order valence-electron chi connectivity index (χ2n) is 1.30. The second-order valence-corrected chi connectivity index (χ2v) is 1.73. The Hall–Kier alpha value is 1.47. The minimum atomic E-state index is 0. The van der Waals surface area contributed by atoms with E-state index in [4.69, 9.17) is 11.6 Å². The Morgan fingerprint density at radius 2 is 1.30 bits per heavy atom. The van der Waals surface area contributed by atoms with Gasteiger partial charge in [-0.1, -0.05) is 29.8 Å². The van der Waals surface area contributed by atoms with E-state index in [2.05, 4.69) is 0 Å². The Bertz CT molecular complexity index is 146. The van der Waals surface area contributed by atoms with Crippen molar-refractivity contribution in [1.29, 1.82) is 0 Å². The summed E-state index contributed by atoms with van der Waals surface area (Å²) < 4.78 is 0. The van der Waals surface area contributed by atoms with Gasteiger partial charge in [-0.15, -0.1) is 0 Å². The Balaban J connectivity index is -0.000000163. The van der Waals surface area contributed by atoms with Crippen LogP contribution in [0, 0.1) is 0 Å². The molecule has 0 aliphatic rings. The Morgan fingerprint density at radius 3 is 1.50 bits per heavy atom. The molecule has 0 saturated carbocycles. The van der Waals surface area contributed by atoms with Gasteiger partial charge < -0.3 is 5.48 Å². The van der Waals surface area contributed by atoms with Crippen molar-refractivity contribution in [1.82, 2.24) is 0 Å². The van der Waals surface area contributed by atoms with Gasteiger partial charge in [-0.05, 0) is 12.1 Å². The minimum absolute atomic E-state index is 0. The number of hydrogen-bond donors (Lipinski definition) is 0. The summed E-state index contributed by atoms with van der Waals surface area (Å²) in [4.78, 5) is 0. The zero-order chi connectivity index (χ0) is 5.11. The van der Waals surface area contributed by atoms with Crippen molar-refractivity contribution in [2.75, 3.05) is 0 Å². The summed E-state index contributed by atoms with van der Waals surface area (Å²) >= 11 is 5.54. The first kappa shape index (κ1) is 17.5. The van der Waals surface area contributed by atoms with E-state index in [1.54, 1.807) is 0 Å². The molecule has 0 spiro atoms. The second kappa shape index (κ2) is 10.5. The van der Waals surface area contributed by atoms with Gasteiger partial charge in [0.05, 0.1) is 0 Å². The van der Waals surface area contributed by atoms with E-state index in [0.29, 0.717) is 0 Å². The molecular weight excluding hydrogens is 169 g/mol. The largest absolute Gasteiger partial charge is 2.00 e. The molecule has 0 radical (unpaired) electrons. The van der Waals surface area contributed by atoms with E-state index in [9.17, 15) is 0 Å². The molecule has 0 N–H and O–H groups in total. The molecule has 1 aromatic carbocycles. The average molecular weight is 175 g/mol. The van der Waals surface area contributed by atoms with Crippen LogP contribution in [0.3, 0.4) is 0 Å². The maximum Gasteiger partial charge on any atom is 1.00 e. The molecule has 0 heterocycles. The van der Waals surface area contributed by atoms with Crippen LogP contribution in [-0.4, -0.2) is 0 Å². The Kier molecular flexibility index (Phi) is 18.4. The van der Waals surface area contributed by atoms with Crippen LogP contribution in [0.4, 0.5) is 0 Å². The third kappa shape index (κ3) is 7.58. The van der Waals surface area contributed by atoms with Crippen molar-refractivity contribution in [2.24, 2.45) is 0 Å². The van der Waals surface area contributed by atoms with Crippen molar-refractivity contribution >= 4 is 11.6 Å². The van der Waals surface area contributed by atoms with Crippen LogP contribution in [0.15, 0.2) is 30.3 Å². The molecule has 0 fully saturated rings. The number of benzene rings is 1. The molecule has 0 amide bonds. The fraction of sp³-hybridized carbons (Fsp3) is 0. The van der Waals surface area contributed by atoms with Crippen molar-refractivity contribution < 1.29 is 64.6 Å². The average Bonchev–Trinajstić information content (AvgIpc) is 1.69. The summed E-state index contributed by atoms with van der Waals surface area (Å²) in [5.41, 5.74) is 0. The van der Waals surface area contributed by atoms with Gasteiger partial charge in [0.2, 0.25) is 0 Å². The predicted molar refractivity (Wildman–Crippen MR) is 32.1 cm³/mol. The predicted octanol–water partition coefficient (Wildman–Crippen LogP) is -3.77. The maximum absolute atomic E-state index is 5.54. The molecule has 0 saturated heterocycles. The van der Waals surface area contributed by atoms with Crippen LogP contribution in [-0.2, 0) is 5.48 Å². The summed E-state index contributed by atoms with van der Waals surface area (Å²) in [6.07, 6.45) is 0.